The van der Waals surface area contributed by atoms with Gasteiger partial charge in [-0.05, 0) is 31.9 Å². The normalized spacial score (nSPS) is 20.6. The molecule has 0 saturated carbocycles. The van der Waals surface area contributed by atoms with Gasteiger partial charge in [-0.3, -0.25) is 4.99 Å². The molecule has 27 heavy (non-hydrogen) atoms. The van der Waals surface area contributed by atoms with Crippen molar-refractivity contribution >= 4 is 17.3 Å². The lowest BCUT2D eigenvalue weighted by atomic mass is 9.91. The number of hydrogen-bond donors (Lipinski definition) is 1. The maximum Gasteiger partial charge on any atom is 0.238 e. The van der Waals surface area contributed by atoms with E-state index in [1.54, 1.807) is 6.20 Å². The summed E-state index contributed by atoms with van der Waals surface area (Å²) >= 11 is 0. The minimum atomic E-state index is -0.0747. The van der Waals surface area contributed by atoms with Gasteiger partial charge in [-0.1, -0.05) is 0 Å². The summed E-state index contributed by atoms with van der Waals surface area (Å²) in [6, 6.07) is 3.91. The summed E-state index contributed by atoms with van der Waals surface area (Å²) in [6.07, 6.45) is 5.53. The van der Waals surface area contributed by atoms with E-state index in [0.29, 0.717) is 19.0 Å². The number of aromatic nitrogens is 3. The third-order valence-electron chi connectivity index (χ3n) is 5.50. The predicted octanol–water partition coefficient (Wildman–Crippen LogP) is 1.35. The number of rotatable bonds is 1. The Kier molecular flexibility index (Phi) is 3.75. The van der Waals surface area contributed by atoms with Crippen molar-refractivity contribution in [3.8, 4) is 5.88 Å². The first-order valence-electron chi connectivity index (χ1n) is 9.41. The van der Waals surface area contributed by atoms with Crippen LogP contribution in [-0.4, -0.2) is 52.6 Å². The van der Waals surface area contributed by atoms with Gasteiger partial charge in [0.1, 0.15) is 23.8 Å². The van der Waals surface area contributed by atoms with Crippen LogP contribution < -0.4 is 20.3 Å². The molecule has 0 atom stereocenters. The molecule has 0 spiro atoms. The molecule has 0 radical (unpaired) electrons. The first kappa shape index (κ1) is 16.4. The van der Waals surface area contributed by atoms with Gasteiger partial charge in [-0.15, -0.1) is 0 Å². The van der Waals surface area contributed by atoms with Crippen LogP contribution in [-0.2, 0) is 6.54 Å². The van der Waals surface area contributed by atoms with Crippen molar-refractivity contribution < 1.29 is 4.74 Å². The Hall–Kier alpha value is -2.74. The molecular weight excluding hydrogens is 342 g/mol. The lowest BCUT2D eigenvalue weighted by Crippen LogP contribution is -2.48. The van der Waals surface area contributed by atoms with Crippen molar-refractivity contribution in [3.63, 3.8) is 0 Å². The first-order valence-corrected chi connectivity index (χ1v) is 9.41. The average molecular weight is 365 g/mol. The lowest BCUT2D eigenvalue weighted by molar-refractivity contribution is 0.303. The second kappa shape index (κ2) is 6.16. The van der Waals surface area contributed by atoms with Crippen LogP contribution in [0.5, 0.6) is 5.88 Å². The number of piperidine rings is 1. The smallest absolute Gasteiger partial charge is 0.238 e. The monoisotopic (exact) mass is 365 g/mol. The average Bonchev–Trinajstić information content (AvgIpc) is 3.10. The minimum Gasteiger partial charge on any atom is -0.474 e. The molecule has 5 heterocycles. The summed E-state index contributed by atoms with van der Waals surface area (Å²) in [5, 5.41) is 0. The fourth-order valence-electron chi connectivity index (χ4n) is 3.82. The van der Waals surface area contributed by atoms with Crippen molar-refractivity contribution in [2.75, 3.05) is 36.0 Å². The largest absolute Gasteiger partial charge is 0.474 e. The highest BCUT2D eigenvalue weighted by atomic mass is 16.5. The Labute approximate surface area is 158 Å². The highest BCUT2D eigenvalue weighted by molar-refractivity contribution is 6.11. The number of hydrogen-bond acceptors (Lipinski definition) is 8. The molecule has 2 N–H and O–H groups in total. The minimum absolute atomic E-state index is 0.0747. The molecule has 8 heteroatoms. The van der Waals surface area contributed by atoms with Gasteiger partial charge in [-0.25, -0.2) is 15.0 Å². The highest BCUT2D eigenvalue weighted by Gasteiger charge is 2.31. The van der Waals surface area contributed by atoms with E-state index in [0.717, 1.165) is 61.2 Å². The van der Waals surface area contributed by atoms with Gasteiger partial charge < -0.3 is 20.3 Å². The van der Waals surface area contributed by atoms with Crippen LogP contribution in [0.15, 0.2) is 29.5 Å². The Morgan fingerprint density at radius 2 is 2.04 bits per heavy atom. The molecule has 3 aliphatic heterocycles. The van der Waals surface area contributed by atoms with Crippen LogP contribution in [0.3, 0.4) is 0 Å². The van der Waals surface area contributed by atoms with E-state index in [9.17, 15) is 0 Å². The van der Waals surface area contributed by atoms with E-state index in [-0.39, 0.29) is 5.54 Å². The van der Waals surface area contributed by atoms with Crippen molar-refractivity contribution in [1.82, 2.24) is 15.0 Å². The summed E-state index contributed by atoms with van der Waals surface area (Å²) < 4.78 is 5.66. The predicted molar refractivity (Wildman–Crippen MR) is 103 cm³/mol. The molecule has 0 unspecified atom stereocenters. The van der Waals surface area contributed by atoms with Crippen LogP contribution in [0.1, 0.15) is 31.2 Å². The second-order valence-electron chi connectivity index (χ2n) is 7.63. The zero-order valence-corrected chi connectivity index (χ0v) is 15.4. The summed E-state index contributed by atoms with van der Waals surface area (Å²) in [5.41, 5.74) is 8.89. The zero-order valence-electron chi connectivity index (χ0n) is 15.4. The van der Waals surface area contributed by atoms with Gasteiger partial charge in [-0.2, -0.15) is 0 Å². The molecule has 1 fully saturated rings. The van der Waals surface area contributed by atoms with Gasteiger partial charge in [0.2, 0.25) is 5.88 Å². The van der Waals surface area contributed by atoms with E-state index in [1.807, 2.05) is 18.3 Å². The summed E-state index contributed by atoms with van der Waals surface area (Å²) in [7, 11) is 0. The van der Waals surface area contributed by atoms with Crippen LogP contribution in [0.25, 0.3) is 0 Å². The molecule has 0 aromatic carbocycles. The molecule has 3 aliphatic rings. The molecule has 5 rings (SSSR count). The molecule has 140 valence electrons. The first-order chi connectivity index (χ1) is 13.1. The van der Waals surface area contributed by atoms with Gasteiger partial charge >= 0.3 is 0 Å². The third kappa shape index (κ3) is 2.90. The third-order valence-corrected chi connectivity index (χ3v) is 5.50. The maximum atomic E-state index is 6.25. The van der Waals surface area contributed by atoms with Gasteiger partial charge in [0, 0.05) is 24.8 Å². The van der Waals surface area contributed by atoms with Gasteiger partial charge in [0.05, 0.1) is 25.0 Å². The molecule has 0 aliphatic carbocycles. The molecular formula is C19H23N7O. The van der Waals surface area contributed by atoms with E-state index in [1.165, 1.54) is 0 Å². The van der Waals surface area contributed by atoms with E-state index in [2.05, 4.69) is 21.7 Å². The number of nitrogens with two attached hydrogens (primary N) is 1. The quantitative estimate of drug-likeness (QED) is 0.815. The lowest BCUT2D eigenvalue weighted by Gasteiger charge is -2.37. The van der Waals surface area contributed by atoms with E-state index in [4.69, 9.17) is 25.4 Å². The van der Waals surface area contributed by atoms with Crippen LogP contribution in [0.2, 0.25) is 0 Å². The Balaban J connectivity index is 1.41. The fraction of sp³-hybridized carbons (Fsp3) is 0.474. The topological polar surface area (TPSA) is 92.8 Å². The fourth-order valence-corrected chi connectivity index (χ4v) is 3.82. The van der Waals surface area contributed by atoms with E-state index >= 15 is 0 Å². The van der Waals surface area contributed by atoms with E-state index < -0.39 is 0 Å². The molecule has 8 nitrogen and oxygen atoms in total. The number of ether oxygens (including phenoxy) is 1. The van der Waals surface area contributed by atoms with Crippen molar-refractivity contribution in [3.05, 3.63) is 35.9 Å². The highest BCUT2D eigenvalue weighted by Crippen LogP contribution is 2.32. The van der Waals surface area contributed by atoms with Gasteiger partial charge in [0.15, 0.2) is 5.84 Å². The van der Waals surface area contributed by atoms with Crippen molar-refractivity contribution in [2.24, 2.45) is 10.7 Å². The number of pyridine rings is 1. The van der Waals surface area contributed by atoms with Crippen molar-refractivity contribution in [2.45, 2.75) is 31.8 Å². The summed E-state index contributed by atoms with van der Waals surface area (Å²) in [4.78, 5) is 23.0. The SMILES string of the molecule is CC1(N)CCN(c2cnc3c(n2)CN=C3N2CCOc3ncccc32)CC1. The van der Waals surface area contributed by atoms with Gasteiger partial charge in [0.25, 0.3) is 0 Å². The number of fused-ring (bicyclic) bond motifs is 2. The molecule has 2 aromatic heterocycles. The number of nitrogens with zero attached hydrogens (tertiary/aromatic N) is 6. The Morgan fingerprint density at radius 3 is 2.89 bits per heavy atom. The number of amidine groups is 1. The summed E-state index contributed by atoms with van der Waals surface area (Å²) in [5.74, 6) is 2.42. The molecule has 2 aromatic rings. The standard InChI is InChI=1S/C19H23N7O/c1-19(20)4-7-25(8-5-19)15-12-22-16-13(24-15)11-23-17(16)26-9-10-27-18-14(26)3-2-6-21-18/h2-3,6,12H,4-5,7-11,20H2,1H3. The Bertz CT molecular complexity index is 901. The second-order valence-corrected chi connectivity index (χ2v) is 7.63. The Morgan fingerprint density at radius 1 is 1.19 bits per heavy atom. The molecule has 1 saturated heterocycles. The maximum absolute atomic E-state index is 6.25. The van der Waals surface area contributed by atoms with Crippen molar-refractivity contribution in [1.29, 1.82) is 0 Å². The van der Waals surface area contributed by atoms with Crippen LogP contribution >= 0.6 is 0 Å². The number of anilines is 2. The zero-order chi connectivity index (χ0) is 18.4. The molecule has 0 amide bonds. The number of aliphatic imine (C=N–C) groups is 1. The van der Waals surface area contributed by atoms with Crippen LogP contribution in [0.4, 0.5) is 11.5 Å². The van der Waals surface area contributed by atoms with Crippen LogP contribution in [0, 0.1) is 0 Å². The summed E-state index contributed by atoms with van der Waals surface area (Å²) in [6.45, 7) is 5.80. The molecule has 0 bridgehead atoms.